The number of nitrogens with zero attached hydrogens (tertiary/aromatic N) is 2. The van der Waals surface area contributed by atoms with Crippen LogP contribution < -0.4 is 5.32 Å². The van der Waals surface area contributed by atoms with Gasteiger partial charge in [0, 0.05) is 18.9 Å². The third-order valence-corrected chi connectivity index (χ3v) is 3.12. The molecule has 110 valence electrons. The van der Waals surface area contributed by atoms with Gasteiger partial charge in [0.25, 0.3) is 0 Å². The third kappa shape index (κ3) is 5.00. The molecule has 0 radical (unpaired) electrons. The van der Waals surface area contributed by atoms with Gasteiger partial charge in [0.15, 0.2) is 0 Å². The van der Waals surface area contributed by atoms with Crippen molar-refractivity contribution in [2.75, 3.05) is 27.2 Å². The van der Waals surface area contributed by atoms with Crippen LogP contribution in [0.15, 0.2) is 48.8 Å². The second-order valence-electron chi connectivity index (χ2n) is 5.28. The van der Waals surface area contributed by atoms with Crippen molar-refractivity contribution in [1.82, 2.24) is 15.2 Å². The Kier molecular flexibility index (Phi) is 5.46. The molecule has 0 aliphatic carbocycles. The van der Waals surface area contributed by atoms with Crippen molar-refractivity contribution in [3.63, 3.8) is 0 Å². The maximum absolute atomic E-state index is 11.6. The molecule has 1 N–H and O–H groups in total. The number of nitrogens with one attached hydrogen (secondary N) is 1. The molecule has 0 aliphatic heterocycles. The van der Waals surface area contributed by atoms with Crippen LogP contribution in [0.25, 0.3) is 11.1 Å². The summed E-state index contributed by atoms with van der Waals surface area (Å²) in [6.07, 6.45) is 4.46. The lowest BCUT2D eigenvalue weighted by Crippen LogP contribution is -2.34. The molecule has 4 heteroatoms. The zero-order valence-electron chi connectivity index (χ0n) is 12.5. The number of pyridine rings is 1. The van der Waals surface area contributed by atoms with Crippen LogP contribution in [-0.2, 0) is 11.2 Å². The van der Waals surface area contributed by atoms with E-state index < -0.39 is 0 Å². The topological polar surface area (TPSA) is 45.2 Å². The average molecular weight is 283 g/mol. The number of rotatable bonds is 6. The van der Waals surface area contributed by atoms with Gasteiger partial charge in [0.2, 0.25) is 5.91 Å². The SMILES string of the molecule is CN(C)CC(=O)NCCc1cccc(-c2cccnc2)c1. The normalized spacial score (nSPS) is 10.6. The van der Waals surface area contributed by atoms with Gasteiger partial charge in [0.05, 0.1) is 6.54 Å². The maximum atomic E-state index is 11.6. The number of carbonyl (C=O) groups is 1. The third-order valence-electron chi connectivity index (χ3n) is 3.12. The van der Waals surface area contributed by atoms with Gasteiger partial charge >= 0.3 is 0 Å². The number of aromatic nitrogens is 1. The first-order valence-corrected chi connectivity index (χ1v) is 7.06. The molecule has 0 bridgehead atoms. The van der Waals surface area contributed by atoms with Gasteiger partial charge in [0.1, 0.15) is 0 Å². The van der Waals surface area contributed by atoms with Gasteiger partial charge in [-0.15, -0.1) is 0 Å². The summed E-state index contributed by atoms with van der Waals surface area (Å²) < 4.78 is 0. The van der Waals surface area contributed by atoms with Crippen LogP contribution in [-0.4, -0.2) is 43.0 Å². The van der Waals surface area contributed by atoms with Crippen LogP contribution in [0.3, 0.4) is 0 Å². The minimum absolute atomic E-state index is 0.0587. The molecule has 2 rings (SSSR count). The average Bonchev–Trinajstić information content (AvgIpc) is 2.48. The van der Waals surface area contributed by atoms with Gasteiger partial charge in [-0.3, -0.25) is 9.78 Å². The first-order chi connectivity index (χ1) is 10.1. The molecule has 0 saturated carbocycles. The van der Waals surface area contributed by atoms with Gasteiger partial charge in [-0.05, 0) is 43.3 Å². The quantitative estimate of drug-likeness (QED) is 0.881. The molecule has 1 amide bonds. The van der Waals surface area contributed by atoms with E-state index >= 15 is 0 Å². The van der Waals surface area contributed by atoms with E-state index in [0.29, 0.717) is 13.1 Å². The molecule has 1 aromatic heterocycles. The first-order valence-electron chi connectivity index (χ1n) is 7.06. The second-order valence-corrected chi connectivity index (χ2v) is 5.28. The summed E-state index contributed by atoms with van der Waals surface area (Å²) >= 11 is 0. The van der Waals surface area contributed by atoms with Crippen LogP contribution in [0.2, 0.25) is 0 Å². The van der Waals surface area contributed by atoms with Crippen LogP contribution in [0.4, 0.5) is 0 Å². The van der Waals surface area contributed by atoms with Gasteiger partial charge in [-0.1, -0.05) is 30.3 Å². The highest BCUT2D eigenvalue weighted by Crippen LogP contribution is 2.19. The Morgan fingerprint density at radius 2 is 2.00 bits per heavy atom. The molecule has 0 spiro atoms. The van der Waals surface area contributed by atoms with E-state index in [1.54, 1.807) is 6.20 Å². The van der Waals surface area contributed by atoms with Crippen molar-refractivity contribution in [3.8, 4) is 11.1 Å². The van der Waals surface area contributed by atoms with Crippen LogP contribution in [0.1, 0.15) is 5.56 Å². The van der Waals surface area contributed by atoms with Crippen molar-refractivity contribution in [3.05, 3.63) is 54.4 Å². The molecular weight excluding hydrogens is 262 g/mol. The number of benzene rings is 1. The van der Waals surface area contributed by atoms with E-state index in [2.05, 4.69) is 28.5 Å². The molecule has 4 nitrogen and oxygen atoms in total. The summed E-state index contributed by atoms with van der Waals surface area (Å²) in [6, 6.07) is 12.3. The molecule has 0 atom stereocenters. The van der Waals surface area contributed by atoms with Crippen molar-refractivity contribution in [2.45, 2.75) is 6.42 Å². The predicted molar refractivity (Wildman–Crippen MR) is 84.9 cm³/mol. The Morgan fingerprint density at radius 1 is 1.19 bits per heavy atom. The Bertz CT molecular complexity index is 582. The number of hydrogen-bond acceptors (Lipinski definition) is 3. The fourth-order valence-electron chi connectivity index (χ4n) is 2.13. The van der Waals surface area contributed by atoms with Crippen LogP contribution in [0.5, 0.6) is 0 Å². The number of carbonyl (C=O) groups excluding carboxylic acids is 1. The largest absolute Gasteiger partial charge is 0.355 e. The zero-order valence-corrected chi connectivity index (χ0v) is 12.5. The summed E-state index contributed by atoms with van der Waals surface area (Å²) in [5.41, 5.74) is 3.47. The molecule has 2 aromatic rings. The number of likely N-dealkylation sites (N-methyl/N-ethyl adjacent to an activating group) is 1. The summed E-state index contributed by atoms with van der Waals surface area (Å²) in [5, 5.41) is 2.93. The highest BCUT2D eigenvalue weighted by atomic mass is 16.1. The predicted octanol–water partition coefficient (Wildman–Crippen LogP) is 1.97. The smallest absolute Gasteiger partial charge is 0.234 e. The van der Waals surface area contributed by atoms with Crippen molar-refractivity contribution in [2.24, 2.45) is 0 Å². The highest BCUT2D eigenvalue weighted by Gasteiger charge is 2.03. The Morgan fingerprint density at radius 3 is 2.71 bits per heavy atom. The standard InChI is InChI=1S/C17H21N3O/c1-20(2)13-17(21)19-10-8-14-5-3-6-15(11-14)16-7-4-9-18-12-16/h3-7,9,11-12H,8,10,13H2,1-2H3,(H,19,21). The van der Waals surface area contributed by atoms with Crippen molar-refractivity contribution in [1.29, 1.82) is 0 Å². The Hall–Kier alpha value is -2.20. The molecule has 0 aliphatic rings. The molecule has 0 unspecified atom stereocenters. The summed E-state index contributed by atoms with van der Waals surface area (Å²) in [5.74, 6) is 0.0587. The molecular formula is C17H21N3O. The maximum Gasteiger partial charge on any atom is 0.234 e. The van der Waals surface area contributed by atoms with E-state index in [1.165, 1.54) is 5.56 Å². The fraction of sp³-hybridized carbons (Fsp3) is 0.294. The van der Waals surface area contributed by atoms with Crippen molar-refractivity contribution >= 4 is 5.91 Å². The molecule has 0 saturated heterocycles. The molecule has 0 fully saturated rings. The minimum Gasteiger partial charge on any atom is -0.355 e. The van der Waals surface area contributed by atoms with E-state index in [4.69, 9.17) is 0 Å². The number of amides is 1. The van der Waals surface area contributed by atoms with E-state index in [9.17, 15) is 4.79 Å². The van der Waals surface area contributed by atoms with E-state index in [1.807, 2.05) is 43.4 Å². The second kappa shape index (κ2) is 7.55. The van der Waals surface area contributed by atoms with E-state index in [0.717, 1.165) is 17.5 Å². The monoisotopic (exact) mass is 283 g/mol. The lowest BCUT2D eigenvalue weighted by atomic mass is 10.0. The van der Waals surface area contributed by atoms with Gasteiger partial charge in [-0.2, -0.15) is 0 Å². The van der Waals surface area contributed by atoms with Gasteiger partial charge in [-0.25, -0.2) is 0 Å². The molecule has 1 aromatic carbocycles. The Labute approximate surface area is 125 Å². The minimum atomic E-state index is 0.0587. The molecule has 21 heavy (non-hydrogen) atoms. The summed E-state index contributed by atoms with van der Waals surface area (Å²) in [6.45, 7) is 1.08. The summed E-state index contributed by atoms with van der Waals surface area (Å²) in [4.78, 5) is 17.6. The number of hydrogen-bond donors (Lipinski definition) is 1. The first kappa shape index (κ1) is 15.2. The van der Waals surface area contributed by atoms with Crippen molar-refractivity contribution < 1.29 is 4.79 Å². The highest BCUT2D eigenvalue weighted by molar-refractivity contribution is 5.77. The van der Waals surface area contributed by atoms with Crippen LogP contribution in [0, 0.1) is 0 Å². The van der Waals surface area contributed by atoms with E-state index in [-0.39, 0.29) is 5.91 Å². The van der Waals surface area contributed by atoms with Gasteiger partial charge < -0.3 is 10.2 Å². The fourth-order valence-corrected chi connectivity index (χ4v) is 2.13. The molecule has 1 heterocycles. The lowest BCUT2D eigenvalue weighted by molar-refractivity contribution is -0.121. The van der Waals surface area contributed by atoms with Crippen LogP contribution >= 0.6 is 0 Å². The Balaban J connectivity index is 1.92. The zero-order chi connectivity index (χ0) is 15.1. The summed E-state index contributed by atoms with van der Waals surface area (Å²) in [7, 11) is 3.77. The lowest BCUT2D eigenvalue weighted by Gasteiger charge is -2.10.